The van der Waals surface area contributed by atoms with Crippen LogP contribution in [0.2, 0.25) is 0 Å². The van der Waals surface area contributed by atoms with Gasteiger partial charge in [-0.3, -0.25) is 9.59 Å². The number of rotatable bonds is 5. The number of carbonyl (C=O) groups excluding carboxylic acids is 2. The quantitative estimate of drug-likeness (QED) is 0.778. The first-order valence-corrected chi connectivity index (χ1v) is 9.98. The Morgan fingerprint density at radius 2 is 1.73 bits per heavy atom. The minimum absolute atomic E-state index is 0.0598. The molecule has 0 unspecified atom stereocenters. The van der Waals surface area contributed by atoms with Gasteiger partial charge in [0.2, 0.25) is 21.8 Å². The molecule has 9 nitrogen and oxygen atoms in total. The summed E-state index contributed by atoms with van der Waals surface area (Å²) in [6, 6.07) is -0.613. The molecule has 0 radical (unpaired) electrons. The van der Waals surface area contributed by atoms with Crippen molar-refractivity contribution in [2.75, 3.05) is 26.2 Å². The largest absolute Gasteiger partial charge is 0.360 e. The van der Waals surface area contributed by atoms with Gasteiger partial charge < -0.3 is 14.7 Å². The van der Waals surface area contributed by atoms with Crippen LogP contribution in [0.3, 0.4) is 0 Å². The molecule has 0 bridgehead atoms. The molecule has 2 heterocycles. The van der Waals surface area contributed by atoms with Crippen molar-refractivity contribution in [1.82, 2.24) is 19.7 Å². The van der Waals surface area contributed by atoms with Gasteiger partial charge in [0.25, 0.3) is 0 Å². The normalized spacial score (nSPS) is 17.4. The summed E-state index contributed by atoms with van der Waals surface area (Å²) in [5, 5.41) is 6.38. The Balaban J connectivity index is 2.09. The summed E-state index contributed by atoms with van der Waals surface area (Å²) in [5.74, 6) is -0.261. The second-order valence-corrected chi connectivity index (χ2v) is 8.68. The van der Waals surface area contributed by atoms with Crippen LogP contribution in [0.15, 0.2) is 9.42 Å². The van der Waals surface area contributed by atoms with Gasteiger partial charge in [0.05, 0.1) is 0 Å². The van der Waals surface area contributed by atoms with Gasteiger partial charge in [-0.1, -0.05) is 19.0 Å². The topological polar surface area (TPSA) is 113 Å². The minimum atomic E-state index is -3.72. The fourth-order valence-corrected chi connectivity index (χ4v) is 4.76. The third-order valence-electron chi connectivity index (χ3n) is 4.41. The Morgan fingerprint density at radius 1 is 1.15 bits per heavy atom. The van der Waals surface area contributed by atoms with Crippen LogP contribution in [-0.4, -0.2) is 66.8 Å². The Labute approximate surface area is 153 Å². The van der Waals surface area contributed by atoms with E-state index in [-0.39, 0.29) is 54.6 Å². The summed E-state index contributed by atoms with van der Waals surface area (Å²) in [6.45, 7) is 9.14. The number of hydrogen-bond donors (Lipinski definition) is 1. The zero-order valence-corrected chi connectivity index (χ0v) is 16.6. The van der Waals surface area contributed by atoms with Gasteiger partial charge >= 0.3 is 0 Å². The van der Waals surface area contributed by atoms with Crippen LogP contribution < -0.4 is 5.32 Å². The molecule has 26 heavy (non-hydrogen) atoms. The van der Waals surface area contributed by atoms with Gasteiger partial charge in [-0.15, -0.1) is 0 Å². The molecule has 1 saturated heterocycles. The fraction of sp³-hybridized carbons (Fsp3) is 0.688. The summed E-state index contributed by atoms with van der Waals surface area (Å²) in [4.78, 5) is 25.7. The second kappa shape index (κ2) is 7.75. The van der Waals surface area contributed by atoms with Gasteiger partial charge in [-0.25, -0.2) is 8.42 Å². The molecule has 1 N–H and O–H groups in total. The first-order valence-electron chi connectivity index (χ1n) is 8.54. The Kier molecular flexibility index (Phi) is 6.07. The van der Waals surface area contributed by atoms with Crippen molar-refractivity contribution < 1.29 is 22.5 Å². The predicted molar refractivity (Wildman–Crippen MR) is 93.8 cm³/mol. The summed E-state index contributed by atoms with van der Waals surface area (Å²) < 4.78 is 31.9. The van der Waals surface area contributed by atoms with Gasteiger partial charge in [-0.2, -0.15) is 4.31 Å². The summed E-state index contributed by atoms with van der Waals surface area (Å²) in [5.41, 5.74) is 0.325. The SMILES string of the molecule is CC(=O)N[C@@H](C(=O)N1CCN(S(=O)(=O)c2c(C)noc2C)CC1)C(C)C. The van der Waals surface area contributed by atoms with Crippen LogP contribution in [0, 0.1) is 19.8 Å². The molecule has 2 rings (SSSR count). The van der Waals surface area contributed by atoms with E-state index in [1.807, 2.05) is 13.8 Å². The number of aryl methyl sites for hydroxylation is 2. The predicted octanol–water partition coefficient (Wildman–Crippen LogP) is 0.285. The average molecular weight is 386 g/mol. The van der Waals surface area contributed by atoms with Gasteiger partial charge in [-0.05, 0) is 19.8 Å². The third kappa shape index (κ3) is 4.07. The Morgan fingerprint density at radius 3 is 2.15 bits per heavy atom. The molecule has 146 valence electrons. The van der Waals surface area contributed by atoms with E-state index in [4.69, 9.17) is 4.52 Å². The van der Waals surface area contributed by atoms with Gasteiger partial charge in [0, 0.05) is 33.1 Å². The van der Waals surface area contributed by atoms with Crippen molar-refractivity contribution in [1.29, 1.82) is 0 Å². The van der Waals surface area contributed by atoms with Crippen LogP contribution in [-0.2, 0) is 19.6 Å². The maximum atomic E-state index is 12.8. The first kappa shape index (κ1) is 20.4. The Hall–Kier alpha value is -1.94. The number of nitrogens with one attached hydrogen (secondary N) is 1. The van der Waals surface area contributed by atoms with Crippen LogP contribution in [0.25, 0.3) is 0 Å². The molecule has 0 aromatic carbocycles. The molecule has 1 aromatic rings. The van der Waals surface area contributed by atoms with Crippen molar-refractivity contribution in [2.24, 2.45) is 5.92 Å². The van der Waals surface area contributed by atoms with E-state index in [9.17, 15) is 18.0 Å². The van der Waals surface area contributed by atoms with E-state index in [1.54, 1.807) is 18.7 Å². The molecule has 1 aliphatic heterocycles. The molecule has 1 aromatic heterocycles. The maximum Gasteiger partial charge on any atom is 0.248 e. The average Bonchev–Trinajstić information content (AvgIpc) is 2.91. The van der Waals surface area contributed by atoms with Crippen LogP contribution in [0.4, 0.5) is 0 Å². The highest BCUT2D eigenvalue weighted by molar-refractivity contribution is 7.89. The molecule has 0 aliphatic carbocycles. The number of nitrogens with zero attached hydrogens (tertiary/aromatic N) is 3. The molecule has 10 heteroatoms. The number of amides is 2. The highest BCUT2D eigenvalue weighted by Crippen LogP contribution is 2.24. The maximum absolute atomic E-state index is 12.8. The summed E-state index contributed by atoms with van der Waals surface area (Å²) >= 11 is 0. The van der Waals surface area contributed by atoms with Crippen molar-refractivity contribution in [3.63, 3.8) is 0 Å². The van der Waals surface area contributed by atoms with E-state index in [1.165, 1.54) is 11.2 Å². The smallest absolute Gasteiger partial charge is 0.248 e. The molecular formula is C16H26N4O5S. The highest BCUT2D eigenvalue weighted by atomic mass is 32.2. The number of piperazine rings is 1. The van der Waals surface area contributed by atoms with Gasteiger partial charge in [0.1, 0.15) is 16.6 Å². The molecule has 0 spiro atoms. The third-order valence-corrected chi connectivity index (χ3v) is 6.55. The number of carbonyl (C=O) groups is 2. The van der Waals surface area contributed by atoms with Crippen molar-refractivity contribution in [2.45, 2.75) is 45.6 Å². The zero-order valence-electron chi connectivity index (χ0n) is 15.8. The van der Waals surface area contributed by atoms with E-state index in [0.717, 1.165) is 0 Å². The number of sulfonamides is 1. The Bertz CT molecular complexity index is 759. The second-order valence-electron chi connectivity index (χ2n) is 6.80. The lowest BCUT2D eigenvalue weighted by Crippen LogP contribution is -2.56. The van der Waals surface area contributed by atoms with Gasteiger partial charge in [0.15, 0.2) is 5.76 Å². The monoisotopic (exact) mass is 386 g/mol. The van der Waals surface area contributed by atoms with Crippen molar-refractivity contribution in [3.8, 4) is 0 Å². The lowest BCUT2D eigenvalue weighted by Gasteiger charge is -2.36. The van der Waals surface area contributed by atoms with Crippen LogP contribution >= 0.6 is 0 Å². The van der Waals surface area contributed by atoms with Crippen molar-refractivity contribution in [3.05, 3.63) is 11.5 Å². The summed E-state index contributed by atoms with van der Waals surface area (Å²) in [7, 11) is -3.72. The summed E-state index contributed by atoms with van der Waals surface area (Å²) in [6.07, 6.45) is 0. The van der Waals surface area contributed by atoms with Crippen LogP contribution in [0.1, 0.15) is 32.2 Å². The standard InChI is InChI=1S/C16H26N4O5S/c1-10(2)14(17-13(5)21)16(22)19-6-8-20(9-7-19)26(23,24)15-11(3)18-25-12(15)4/h10,14H,6-9H2,1-5H3,(H,17,21)/t14-/m1/s1. The molecule has 1 aliphatic rings. The number of hydrogen-bond acceptors (Lipinski definition) is 6. The van der Waals surface area contributed by atoms with E-state index >= 15 is 0 Å². The zero-order chi connectivity index (χ0) is 19.6. The lowest BCUT2D eigenvalue weighted by atomic mass is 10.0. The fourth-order valence-electron chi connectivity index (χ4n) is 3.05. The molecule has 1 fully saturated rings. The molecule has 2 amide bonds. The minimum Gasteiger partial charge on any atom is -0.360 e. The highest BCUT2D eigenvalue weighted by Gasteiger charge is 2.36. The van der Waals surface area contributed by atoms with Crippen LogP contribution in [0.5, 0.6) is 0 Å². The first-order chi connectivity index (χ1) is 12.1. The van der Waals surface area contributed by atoms with E-state index < -0.39 is 16.1 Å². The van der Waals surface area contributed by atoms with Crippen molar-refractivity contribution >= 4 is 21.8 Å². The number of aromatic nitrogens is 1. The lowest BCUT2D eigenvalue weighted by molar-refractivity contribution is -0.138. The van der Waals surface area contributed by atoms with E-state index in [0.29, 0.717) is 5.69 Å². The molecule has 0 saturated carbocycles. The molecular weight excluding hydrogens is 360 g/mol. The molecule has 1 atom stereocenters. The van der Waals surface area contributed by atoms with E-state index in [2.05, 4.69) is 10.5 Å².